The molecule has 1 aromatic heterocycles. The zero-order valence-electron chi connectivity index (χ0n) is 16.1. The largest absolute Gasteiger partial charge is 0.363 e. The lowest BCUT2D eigenvalue weighted by Crippen LogP contribution is -2.40. The van der Waals surface area contributed by atoms with Crippen LogP contribution in [0.2, 0.25) is 0 Å². The molecule has 0 atom stereocenters. The fourth-order valence-electron chi connectivity index (χ4n) is 3.35. The van der Waals surface area contributed by atoms with Crippen molar-refractivity contribution >= 4 is 17.7 Å². The molecule has 3 rings (SSSR count). The Balaban J connectivity index is 1.45. The van der Waals surface area contributed by atoms with Gasteiger partial charge in [0.05, 0.1) is 6.42 Å². The van der Waals surface area contributed by atoms with Crippen molar-refractivity contribution in [2.45, 2.75) is 44.2 Å². The molecule has 0 bridgehead atoms. The van der Waals surface area contributed by atoms with E-state index in [2.05, 4.69) is 20.6 Å². The van der Waals surface area contributed by atoms with Crippen molar-refractivity contribution in [1.82, 2.24) is 15.3 Å². The summed E-state index contributed by atoms with van der Waals surface area (Å²) in [5, 5.41) is 6.35. The van der Waals surface area contributed by atoms with E-state index in [1.807, 2.05) is 25.1 Å². The quantitative estimate of drug-likeness (QED) is 0.795. The van der Waals surface area contributed by atoms with Crippen LogP contribution in [-0.2, 0) is 11.2 Å². The van der Waals surface area contributed by atoms with Crippen LogP contribution < -0.4 is 15.5 Å². The zero-order valence-corrected chi connectivity index (χ0v) is 16.1. The molecule has 2 aromatic rings. The number of hydrogen-bond donors (Lipinski definition) is 2. The van der Waals surface area contributed by atoms with E-state index in [1.54, 1.807) is 6.20 Å². The summed E-state index contributed by atoms with van der Waals surface area (Å²) in [4.78, 5) is 22.8. The average molecular weight is 389 g/mol. The minimum atomic E-state index is -0.933. The highest BCUT2D eigenvalue weighted by Crippen LogP contribution is 2.22. The van der Waals surface area contributed by atoms with Crippen LogP contribution in [0.3, 0.4) is 0 Å². The highest BCUT2D eigenvalue weighted by atomic mass is 19.2. The Hall–Kier alpha value is -2.77. The van der Waals surface area contributed by atoms with E-state index >= 15 is 0 Å². The molecule has 1 fully saturated rings. The molecule has 1 amide bonds. The molecular weight excluding hydrogens is 364 g/mol. The number of carbonyl (C=O) groups excluding carboxylic acids is 1. The summed E-state index contributed by atoms with van der Waals surface area (Å²) in [6.45, 7) is 0. The molecule has 0 radical (unpaired) electrons. The van der Waals surface area contributed by atoms with E-state index in [4.69, 9.17) is 0 Å². The second-order valence-corrected chi connectivity index (χ2v) is 7.32. The normalized spacial score (nSPS) is 19.1. The number of halogens is 2. The van der Waals surface area contributed by atoms with Crippen LogP contribution in [-0.4, -0.2) is 42.1 Å². The molecular formula is C20H25F2N5O. The van der Waals surface area contributed by atoms with Crippen LogP contribution in [0.25, 0.3) is 0 Å². The number of hydrogen-bond acceptors (Lipinski definition) is 5. The van der Waals surface area contributed by atoms with Crippen molar-refractivity contribution in [2.24, 2.45) is 0 Å². The molecule has 6 nitrogen and oxygen atoms in total. The molecule has 1 aromatic carbocycles. The maximum Gasteiger partial charge on any atom is 0.224 e. The first-order chi connectivity index (χ1) is 13.4. The second kappa shape index (κ2) is 8.95. The predicted octanol–water partition coefficient (Wildman–Crippen LogP) is 2.90. The summed E-state index contributed by atoms with van der Waals surface area (Å²) in [6, 6.07) is 5.74. The van der Waals surface area contributed by atoms with Crippen LogP contribution in [0, 0.1) is 11.6 Å². The third-order valence-electron chi connectivity index (χ3n) is 4.87. The first-order valence-electron chi connectivity index (χ1n) is 9.41. The topological polar surface area (TPSA) is 70.2 Å². The molecule has 1 aliphatic rings. The number of nitrogens with zero attached hydrogens (tertiary/aromatic N) is 3. The zero-order chi connectivity index (χ0) is 20.1. The smallest absolute Gasteiger partial charge is 0.224 e. The lowest BCUT2D eigenvalue weighted by molar-refractivity contribution is -0.121. The lowest BCUT2D eigenvalue weighted by atomic mass is 9.91. The fourth-order valence-corrected chi connectivity index (χ4v) is 3.35. The average Bonchev–Trinajstić information content (AvgIpc) is 2.66. The monoisotopic (exact) mass is 389 g/mol. The number of rotatable bonds is 6. The molecule has 1 heterocycles. The predicted molar refractivity (Wildman–Crippen MR) is 104 cm³/mol. The third-order valence-corrected chi connectivity index (χ3v) is 4.87. The molecule has 0 saturated heterocycles. The SMILES string of the molecule is CN(C)c1ccnc(N[C@H]2CC[C@@H](NC(=O)Cc3ccc(F)c(F)c3)CC2)n1. The Bertz CT molecular complexity index is 822. The number of anilines is 2. The summed E-state index contributed by atoms with van der Waals surface area (Å²) in [5.41, 5.74) is 0.463. The van der Waals surface area contributed by atoms with Gasteiger partial charge in [-0.3, -0.25) is 4.79 Å². The van der Waals surface area contributed by atoms with Gasteiger partial charge >= 0.3 is 0 Å². The minimum absolute atomic E-state index is 0.0422. The number of benzene rings is 1. The maximum atomic E-state index is 13.3. The van der Waals surface area contributed by atoms with E-state index in [0.717, 1.165) is 43.6 Å². The molecule has 2 N–H and O–H groups in total. The summed E-state index contributed by atoms with van der Waals surface area (Å²) < 4.78 is 26.2. The van der Waals surface area contributed by atoms with Crippen molar-refractivity contribution in [2.75, 3.05) is 24.3 Å². The van der Waals surface area contributed by atoms with Gasteiger partial charge in [0.25, 0.3) is 0 Å². The van der Waals surface area contributed by atoms with Gasteiger partial charge in [-0.05, 0) is 49.4 Å². The van der Waals surface area contributed by atoms with Gasteiger partial charge in [0.2, 0.25) is 11.9 Å². The highest BCUT2D eigenvalue weighted by molar-refractivity contribution is 5.78. The van der Waals surface area contributed by atoms with Crippen LogP contribution in [0.4, 0.5) is 20.5 Å². The first kappa shape index (κ1) is 20.0. The van der Waals surface area contributed by atoms with Gasteiger partial charge in [-0.15, -0.1) is 0 Å². The van der Waals surface area contributed by atoms with E-state index in [0.29, 0.717) is 11.5 Å². The summed E-state index contributed by atoms with van der Waals surface area (Å²) in [6.07, 6.45) is 5.25. The molecule has 0 unspecified atom stereocenters. The number of amides is 1. The van der Waals surface area contributed by atoms with Crippen LogP contribution in [0.1, 0.15) is 31.2 Å². The van der Waals surface area contributed by atoms with Crippen molar-refractivity contribution in [1.29, 1.82) is 0 Å². The first-order valence-corrected chi connectivity index (χ1v) is 9.41. The van der Waals surface area contributed by atoms with Gasteiger partial charge < -0.3 is 15.5 Å². The van der Waals surface area contributed by atoms with Crippen LogP contribution in [0.5, 0.6) is 0 Å². The second-order valence-electron chi connectivity index (χ2n) is 7.32. The standard InChI is InChI=1S/C20H25F2N5O/c1-27(2)18-9-10-23-20(26-18)25-15-6-4-14(5-7-15)24-19(28)12-13-3-8-16(21)17(22)11-13/h3,8-11,14-15H,4-7,12H2,1-2H3,(H,24,28)(H,23,25,26)/t14-,15+. The molecule has 0 spiro atoms. The molecule has 0 aliphatic heterocycles. The summed E-state index contributed by atoms with van der Waals surface area (Å²) in [5.74, 6) is -0.565. The molecule has 28 heavy (non-hydrogen) atoms. The Morgan fingerprint density at radius 3 is 2.50 bits per heavy atom. The van der Waals surface area contributed by atoms with Gasteiger partial charge in [0, 0.05) is 32.4 Å². The number of aromatic nitrogens is 2. The van der Waals surface area contributed by atoms with Gasteiger partial charge in [0.1, 0.15) is 5.82 Å². The molecule has 150 valence electrons. The fraction of sp³-hybridized carbons (Fsp3) is 0.450. The van der Waals surface area contributed by atoms with Gasteiger partial charge in [0.15, 0.2) is 11.6 Å². The number of carbonyl (C=O) groups is 1. The van der Waals surface area contributed by atoms with Crippen LogP contribution >= 0.6 is 0 Å². The van der Waals surface area contributed by atoms with Crippen molar-refractivity contribution < 1.29 is 13.6 Å². The van der Waals surface area contributed by atoms with E-state index < -0.39 is 11.6 Å². The van der Waals surface area contributed by atoms with E-state index in [9.17, 15) is 13.6 Å². The van der Waals surface area contributed by atoms with Crippen molar-refractivity contribution in [3.8, 4) is 0 Å². The van der Waals surface area contributed by atoms with E-state index in [-0.39, 0.29) is 24.4 Å². The van der Waals surface area contributed by atoms with Crippen molar-refractivity contribution in [3.05, 3.63) is 47.7 Å². The maximum absolute atomic E-state index is 13.3. The van der Waals surface area contributed by atoms with Crippen molar-refractivity contribution in [3.63, 3.8) is 0 Å². The lowest BCUT2D eigenvalue weighted by Gasteiger charge is -2.29. The Morgan fingerprint density at radius 1 is 1.11 bits per heavy atom. The Morgan fingerprint density at radius 2 is 1.82 bits per heavy atom. The number of nitrogens with one attached hydrogen (secondary N) is 2. The Labute approximate surface area is 163 Å². The van der Waals surface area contributed by atoms with Gasteiger partial charge in [-0.25, -0.2) is 13.8 Å². The Kier molecular flexibility index (Phi) is 6.38. The van der Waals surface area contributed by atoms with Gasteiger partial charge in [-0.1, -0.05) is 6.07 Å². The van der Waals surface area contributed by atoms with Gasteiger partial charge in [-0.2, -0.15) is 4.98 Å². The molecule has 1 saturated carbocycles. The summed E-state index contributed by atoms with van der Waals surface area (Å²) in [7, 11) is 3.86. The molecule has 8 heteroatoms. The third kappa shape index (κ3) is 5.37. The molecule has 1 aliphatic carbocycles. The highest BCUT2D eigenvalue weighted by Gasteiger charge is 2.23. The van der Waals surface area contributed by atoms with E-state index in [1.165, 1.54) is 6.07 Å². The summed E-state index contributed by atoms with van der Waals surface area (Å²) >= 11 is 0. The minimum Gasteiger partial charge on any atom is -0.363 e. The van der Waals surface area contributed by atoms with Crippen LogP contribution in [0.15, 0.2) is 30.5 Å².